The summed E-state index contributed by atoms with van der Waals surface area (Å²) in [5.74, 6) is 0. The van der Waals surface area contributed by atoms with Gasteiger partial charge in [-0.05, 0) is 6.92 Å². The molecule has 0 fully saturated rings. The maximum absolute atomic E-state index is 12.0. The third kappa shape index (κ3) is 4.31. The molecule has 0 amide bonds. The van der Waals surface area contributed by atoms with Gasteiger partial charge in [-0.1, -0.05) is 11.3 Å². The molecule has 0 spiro atoms. The number of halogens is 3. The highest BCUT2D eigenvalue weighted by Crippen LogP contribution is 2.36. The van der Waals surface area contributed by atoms with Crippen molar-refractivity contribution in [2.24, 2.45) is 0 Å². The van der Waals surface area contributed by atoms with E-state index in [0.29, 0.717) is 17.9 Å². The summed E-state index contributed by atoms with van der Waals surface area (Å²) in [6, 6.07) is 0.724. The first-order chi connectivity index (χ1) is 9.07. The number of nitro groups is 1. The Morgan fingerprint density at radius 3 is 2.50 bits per heavy atom. The highest BCUT2D eigenvalue weighted by molar-refractivity contribution is 7.91. The summed E-state index contributed by atoms with van der Waals surface area (Å²) >= 11 is 0.499. The molecule has 12 heteroatoms. The van der Waals surface area contributed by atoms with Gasteiger partial charge in [-0.15, -0.1) is 0 Å². The second-order valence-electron chi connectivity index (χ2n) is 3.51. The molecule has 0 atom stereocenters. The molecule has 7 nitrogen and oxygen atoms in total. The van der Waals surface area contributed by atoms with Crippen LogP contribution in [-0.4, -0.2) is 32.6 Å². The summed E-state index contributed by atoms with van der Waals surface area (Å²) in [5, 5.41) is 13.3. The highest BCUT2D eigenvalue weighted by atomic mass is 32.2. The molecule has 0 saturated carbocycles. The van der Waals surface area contributed by atoms with Crippen LogP contribution in [0.1, 0.15) is 6.92 Å². The molecule has 0 saturated heterocycles. The molecule has 1 aromatic heterocycles. The summed E-state index contributed by atoms with van der Waals surface area (Å²) in [4.78, 5) is 9.92. The van der Waals surface area contributed by atoms with Gasteiger partial charge >= 0.3 is 11.9 Å². The fourth-order valence-corrected chi connectivity index (χ4v) is 3.62. The lowest BCUT2D eigenvalue weighted by Gasteiger charge is -2.07. The van der Waals surface area contributed by atoms with Crippen LogP contribution in [0.15, 0.2) is 10.3 Å². The number of hydrogen-bond acceptors (Lipinski definition) is 6. The molecular formula is C8H10F3N3O4S2. The number of anilines is 1. The number of nitrogens with one attached hydrogen (secondary N) is 2. The number of nitrogens with zero attached hydrogens (tertiary/aromatic N) is 1. The van der Waals surface area contributed by atoms with Crippen molar-refractivity contribution in [3.63, 3.8) is 0 Å². The van der Waals surface area contributed by atoms with E-state index in [1.807, 2.05) is 0 Å². The minimum Gasteiger partial charge on any atom is -0.372 e. The smallest absolute Gasteiger partial charge is 0.372 e. The Labute approximate surface area is 116 Å². The van der Waals surface area contributed by atoms with E-state index in [4.69, 9.17) is 0 Å². The minimum atomic E-state index is -4.71. The average Bonchev–Trinajstić information content (AvgIpc) is 2.71. The van der Waals surface area contributed by atoms with E-state index in [0.717, 1.165) is 6.07 Å². The number of thiophene rings is 1. The van der Waals surface area contributed by atoms with Crippen LogP contribution in [-0.2, 0) is 10.0 Å². The maximum Gasteiger partial charge on any atom is 0.402 e. The second kappa shape index (κ2) is 5.93. The molecule has 0 aliphatic rings. The van der Waals surface area contributed by atoms with Gasteiger partial charge in [-0.3, -0.25) is 10.1 Å². The summed E-state index contributed by atoms with van der Waals surface area (Å²) in [6.07, 6.45) is -4.71. The molecule has 0 unspecified atom stereocenters. The Bertz CT molecular complexity index is 597. The molecule has 0 bridgehead atoms. The Balaban J connectivity index is 3.07. The second-order valence-corrected chi connectivity index (χ2v) is 6.55. The van der Waals surface area contributed by atoms with Gasteiger partial charge in [0.2, 0.25) is 0 Å². The Morgan fingerprint density at radius 2 is 2.05 bits per heavy atom. The molecule has 0 aliphatic carbocycles. The summed E-state index contributed by atoms with van der Waals surface area (Å²) in [7, 11) is -4.44. The van der Waals surface area contributed by atoms with Crippen molar-refractivity contribution in [1.82, 2.24) is 4.72 Å². The first kappa shape index (κ1) is 16.7. The molecule has 0 aliphatic heterocycles. The maximum atomic E-state index is 12.0. The van der Waals surface area contributed by atoms with E-state index < -0.39 is 37.6 Å². The number of hydrogen-bond donors (Lipinski definition) is 2. The zero-order chi connectivity index (χ0) is 15.6. The largest absolute Gasteiger partial charge is 0.402 e. The SMILES string of the molecule is CCNc1sc(S(=O)(=O)NCC(F)(F)F)cc1[N+](=O)[O-]. The van der Waals surface area contributed by atoms with Gasteiger partial charge in [0, 0.05) is 12.6 Å². The first-order valence-electron chi connectivity index (χ1n) is 5.15. The van der Waals surface area contributed by atoms with E-state index in [9.17, 15) is 31.7 Å². The van der Waals surface area contributed by atoms with Crippen molar-refractivity contribution in [3.8, 4) is 0 Å². The van der Waals surface area contributed by atoms with E-state index in [-0.39, 0.29) is 5.00 Å². The summed E-state index contributed by atoms with van der Waals surface area (Å²) in [5.41, 5.74) is -0.496. The van der Waals surface area contributed by atoms with E-state index in [1.165, 1.54) is 4.72 Å². The third-order valence-corrected chi connectivity index (χ3v) is 4.91. The Morgan fingerprint density at radius 1 is 1.45 bits per heavy atom. The van der Waals surface area contributed by atoms with Gasteiger partial charge in [-0.2, -0.15) is 13.2 Å². The summed E-state index contributed by atoms with van der Waals surface area (Å²) in [6.45, 7) is 0.202. The summed E-state index contributed by atoms with van der Waals surface area (Å²) < 4.78 is 60.0. The predicted octanol–water partition coefficient (Wildman–Crippen LogP) is 1.93. The standard InChI is InChI=1S/C8H10F3N3O4S2/c1-2-12-7-5(14(15)16)3-6(19-7)20(17,18)13-4-8(9,10)11/h3,12-13H,2,4H2,1H3. The molecule has 114 valence electrons. The van der Waals surface area contributed by atoms with Gasteiger partial charge < -0.3 is 5.32 Å². The van der Waals surface area contributed by atoms with Crippen LogP contribution in [0, 0.1) is 10.1 Å². The number of rotatable bonds is 6. The lowest BCUT2D eigenvalue weighted by atomic mass is 10.5. The van der Waals surface area contributed by atoms with E-state index >= 15 is 0 Å². The lowest BCUT2D eigenvalue weighted by molar-refractivity contribution is -0.383. The van der Waals surface area contributed by atoms with Gasteiger partial charge in [-0.25, -0.2) is 13.1 Å². The molecule has 0 aromatic carbocycles. The van der Waals surface area contributed by atoms with Gasteiger partial charge in [0.15, 0.2) is 5.00 Å². The average molecular weight is 333 g/mol. The van der Waals surface area contributed by atoms with Crippen LogP contribution in [0.2, 0.25) is 0 Å². The third-order valence-electron chi connectivity index (χ3n) is 1.95. The lowest BCUT2D eigenvalue weighted by Crippen LogP contribution is -2.33. The molecule has 1 rings (SSSR count). The zero-order valence-electron chi connectivity index (χ0n) is 10.0. The van der Waals surface area contributed by atoms with Crippen molar-refractivity contribution >= 4 is 32.0 Å². The molecule has 20 heavy (non-hydrogen) atoms. The van der Waals surface area contributed by atoms with Crippen LogP contribution < -0.4 is 10.0 Å². The van der Waals surface area contributed by atoms with Crippen LogP contribution >= 0.6 is 11.3 Å². The van der Waals surface area contributed by atoms with Gasteiger partial charge in [0.1, 0.15) is 10.8 Å². The quantitative estimate of drug-likeness (QED) is 0.612. The van der Waals surface area contributed by atoms with Crippen LogP contribution in [0.3, 0.4) is 0 Å². The highest BCUT2D eigenvalue weighted by Gasteiger charge is 2.32. The molecular weight excluding hydrogens is 323 g/mol. The molecule has 1 aromatic rings. The van der Waals surface area contributed by atoms with Crippen molar-refractivity contribution in [2.45, 2.75) is 17.3 Å². The topological polar surface area (TPSA) is 101 Å². The number of alkyl halides is 3. The van der Waals surface area contributed by atoms with Gasteiger partial charge in [0.05, 0.1) is 4.92 Å². The normalized spacial score (nSPS) is 12.4. The minimum absolute atomic E-state index is 0.0233. The fourth-order valence-electron chi connectivity index (χ4n) is 1.16. The zero-order valence-corrected chi connectivity index (χ0v) is 11.7. The van der Waals surface area contributed by atoms with Crippen molar-refractivity contribution in [1.29, 1.82) is 0 Å². The van der Waals surface area contributed by atoms with E-state index in [1.54, 1.807) is 6.92 Å². The van der Waals surface area contributed by atoms with Crippen molar-refractivity contribution in [2.75, 3.05) is 18.4 Å². The predicted molar refractivity (Wildman–Crippen MR) is 66.4 cm³/mol. The van der Waals surface area contributed by atoms with Crippen LogP contribution in [0.4, 0.5) is 23.9 Å². The van der Waals surface area contributed by atoms with Crippen LogP contribution in [0.25, 0.3) is 0 Å². The molecule has 0 radical (unpaired) electrons. The van der Waals surface area contributed by atoms with Crippen LogP contribution in [0.5, 0.6) is 0 Å². The molecule has 2 N–H and O–H groups in total. The monoisotopic (exact) mass is 333 g/mol. The molecule has 1 heterocycles. The first-order valence-corrected chi connectivity index (χ1v) is 7.45. The Hall–Kier alpha value is -1.40. The van der Waals surface area contributed by atoms with Crippen molar-refractivity contribution < 1.29 is 26.5 Å². The van der Waals surface area contributed by atoms with E-state index in [2.05, 4.69) is 5.32 Å². The fraction of sp³-hybridized carbons (Fsp3) is 0.500. The Kier molecular flexibility index (Phi) is 4.94. The van der Waals surface area contributed by atoms with Crippen molar-refractivity contribution in [3.05, 3.63) is 16.2 Å². The van der Waals surface area contributed by atoms with Gasteiger partial charge in [0.25, 0.3) is 10.0 Å². The number of sulfonamides is 1.